The first-order chi connectivity index (χ1) is 12.9. The molecule has 0 saturated carbocycles. The van der Waals surface area contributed by atoms with Crippen LogP contribution in [0.15, 0.2) is 35.6 Å². The fraction of sp³-hybridized carbons (Fsp3) is 0.476. The highest BCUT2D eigenvalue weighted by Crippen LogP contribution is 2.27. The van der Waals surface area contributed by atoms with Crippen LogP contribution in [-0.4, -0.2) is 34.7 Å². The number of carbonyl (C=O) groups excluding carboxylic acids is 1. The number of rotatable bonds is 5. The summed E-state index contributed by atoms with van der Waals surface area (Å²) in [6, 6.07) is 8.07. The predicted molar refractivity (Wildman–Crippen MR) is 112 cm³/mol. The second-order valence-corrected chi connectivity index (χ2v) is 8.72. The molecule has 1 fully saturated rings. The largest absolute Gasteiger partial charge is 0.356 e. The Kier molecular flexibility index (Phi) is 6.37. The molecule has 5 nitrogen and oxygen atoms in total. The van der Waals surface area contributed by atoms with Crippen molar-refractivity contribution in [1.82, 2.24) is 9.97 Å². The lowest BCUT2D eigenvalue weighted by Crippen LogP contribution is -2.39. The number of anilines is 2. The summed E-state index contributed by atoms with van der Waals surface area (Å²) >= 11 is 1.45. The normalized spacial score (nSPS) is 19.8. The third-order valence-electron chi connectivity index (χ3n) is 4.84. The van der Waals surface area contributed by atoms with Crippen LogP contribution in [0.4, 0.5) is 11.5 Å². The zero-order chi connectivity index (χ0) is 19.4. The summed E-state index contributed by atoms with van der Waals surface area (Å²) < 4.78 is 0. The second-order valence-electron chi connectivity index (χ2n) is 7.72. The second kappa shape index (κ2) is 8.74. The number of aromatic nitrogens is 2. The summed E-state index contributed by atoms with van der Waals surface area (Å²) in [5, 5.41) is 3.83. The Morgan fingerprint density at radius 2 is 1.93 bits per heavy atom. The van der Waals surface area contributed by atoms with Gasteiger partial charge in [-0.15, -0.1) is 0 Å². The SMILES string of the molecule is Cc1ccc(C)c(NC(=O)CSc2cc(N3C[C@H](C)C[C@H](C)C3)ncn2)c1. The van der Waals surface area contributed by atoms with Crippen LogP contribution in [0.1, 0.15) is 31.4 Å². The highest BCUT2D eigenvalue weighted by Gasteiger charge is 2.23. The molecule has 0 bridgehead atoms. The maximum absolute atomic E-state index is 12.3. The number of hydrogen-bond acceptors (Lipinski definition) is 5. The Labute approximate surface area is 166 Å². The van der Waals surface area contributed by atoms with Crippen molar-refractivity contribution in [1.29, 1.82) is 0 Å². The van der Waals surface area contributed by atoms with Gasteiger partial charge in [0.25, 0.3) is 0 Å². The smallest absolute Gasteiger partial charge is 0.234 e. The maximum atomic E-state index is 12.3. The Morgan fingerprint density at radius 3 is 2.67 bits per heavy atom. The van der Waals surface area contributed by atoms with Gasteiger partial charge in [0, 0.05) is 24.8 Å². The van der Waals surface area contributed by atoms with Crippen LogP contribution in [0.3, 0.4) is 0 Å². The Balaban J connectivity index is 1.59. The van der Waals surface area contributed by atoms with E-state index >= 15 is 0 Å². The molecule has 1 N–H and O–H groups in total. The van der Waals surface area contributed by atoms with Crippen molar-refractivity contribution in [3.8, 4) is 0 Å². The number of benzene rings is 1. The van der Waals surface area contributed by atoms with Gasteiger partial charge in [-0.05, 0) is 49.3 Å². The molecule has 2 aromatic rings. The first kappa shape index (κ1) is 19.7. The van der Waals surface area contributed by atoms with Crippen molar-refractivity contribution in [2.75, 3.05) is 29.1 Å². The average molecular weight is 385 g/mol. The van der Waals surface area contributed by atoms with Crippen LogP contribution in [0.2, 0.25) is 0 Å². The lowest BCUT2D eigenvalue weighted by atomic mass is 9.92. The molecule has 0 radical (unpaired) electrons. The minimum atomic E-state index is -0.0194. The van der Waals surface area contributed by atoms with E-state index in [1.807, 2.05) is 38.1 Å². The monoisotopic (exact) mass is 384 g/mol. The van der Waals surface area contributed by atoms with Crippen LogP contribution in [0.25, 0.3) is 0 Å². The molecule has 0 unspecified atom stereocenters. The van der Waals surface area contributed by atoms with Gasteiger partial charge >= 0.3 is 0 Å². The highest BCUT2D eigenvalue weighted by molar-refractivity contribution is 7.99. The molecule has 2 atom stereocenters. The Bertz CT molecular complexity index is 801. The van der Waals surface area contributed by atoms with E-state index in [9.17, 15) is 4.79 Å². The third kappa shape index (κ3) is 5.45. The van der Waals surface area contributed by atoms with E-state index in [-0.39, 0.29) is 5.91 Å². The van der Waals surface area contributed by atoms with Gasteiger partial charge in [-0.25, -0.2) is 9.97 Å². The molecule has 0 spiro atoms. The van der Waals surface area contributed by atoms with E-state index in [1.54, 1.807) is 6.33 Å². The van der Waals surface area contributed by atoms with E-state index in [2.05, 4.69) is 34.0 Å². The van der Waals surface area contributed by atoms with Gasteiger partial charge in [0.15, 0.2) is 0 Å². The molecule has 6 heteroatoms. The minimum Gasteiger partial charge on any atom is -0.356 e. The van der Waals surface area contributed by atoms with E-state index in [1.165, 1.54) is 18.2 Å². The van der Waals surface area contributed by atoms with E-state index < -0.39 is 0 Å². The van der Waals surface area contributed by atoms with Gasteiger partial charge in [0.2, 0.25) is 5.91 Å². The van der Waals surface area contributed by atoms with Crippen LogP contribution in [-0.2, 0) is 4.79 Å². The number of piperidine rings is 1. The number of carbonyl (C=O) groups is 1. The molecular weight excluding hydrogens is 356 g/mol. The summed E-state index contributed by atoms with van der Waals surface area (Å²) in [6.45, 7) is 10.7. The van der Waals surface area contributed by atoms with Crippen LogP contribution >= 0.6 is 11.8 Å². The van der Waals surface area contributed by atoms with Gasteiger partial charge in [0.1, 0.15) is 17.2 Å². The molecule has 1 aromatic carbocycles. The number of aryl methyl sites for hydroxylation is 2. The van der Waals surface area contributed by atoms with Gasteiger partial charge in [-0.3, -0.25) is 4.79 Å². The van der Waals surface area contributed by atoms with Gasteiger partial charge in [-0.1, -0.05) is 37.7 Å². The topological polar surface area (TPSA) is 58.1 Å². The highest BCUT2D eigenvalue weighted by atomic mass is 32.2. The molecule has 1 amide bonds. The summed E-state index contributed by atoms with van der Waals surface area (Å²) in [4.78, 5) is 23.4. The maximum Gasteiger partial charge on any atom is 0.234 e. The van der Waals surface area contributed by atoms with Crippen molar-refractivity contribution in [3.63, 3.8) is 0 Å². The lowest BCUT2D eigenvalue weighted by Gasteiger charge is -2.35. The number of nitrogens with zero attached hydrogens (tertiary/aromatic N) is 3. The summed E-state index contributed by atoms with van der Waals surface area (Å²) in [7, 11) is 0. The molecule has 1 aliphatic heterocycles. The third-order valence-corrected chi connectivity index (χ3v) is 5.76. The summed E-state index contributed by atoms with van der Waals surface area (Å²) in [6.07, 6.45) is 2.87. The number of thioether (sulfide) groups is 1. The zero-order valence-electron chi connectivity index (χ0n) is 16.5. The Morgan fingerprint density at radius 1 is 1.19 bits per heavy atom. The molecule has 1 aliphatic rings. The lowest BCUT2D eigenvalue weighted by molar-refractivity contribution is -0.113. The van der Waals surface area contributed by atoms with Crippen LogP contribution < -0.4 is 10.2 Å². The fourth-order valence-electron chi connectivity index (χ4n) is 3.63. The molecule has 144 valence electrons. The predicted octanol–water partition coefficient (Wildman–Crippen LogP) is 4.31. The number of nitrogens with one attached hydrogen (secondary N) is 1. The number of hydrogen-bond donors (Lipinski definition) is 1. The molecule has 3 rings (SSSR count). The average Bonchev–Trinajstić information content (AvgIpc) is 2.62. The van der Waals surface area contributed by atoms with Gasteiger partial charge in [0.05, 0.1) is 5.75 Å². The molecule has 1 saturated heterocycles. The fourth-order valence-corrected chi connectivity index (χ4v) is 4.29. The molecule has 0 aliphatic carbocycles. The standard InChI is InChI=1S/C21H28N4OS/c1-14-5-6-17(4)18(8-14)24-20(26)12-27-21-9-19(22-13-23-21)25-10-15(2)7-16(3)11-25/h5-6,8-9,13,15-16H,7,10-12H2,1-4H3,(H,24,26)/t15-,16+. The minimum absolute atomic E-state index is 0.0194. The Hall–Kier alpha value is -2.08. The van der Waals surface area contributed by atoms with Crippen molar-refractivity contribution in [2.45, 2.75) is 39.1 Å². The van der Waals surface area contributed by atoms with Gasteiger partial charge < -0.3 is 10.2 Å². The van der Waals surface area contributed by atoms with Crippen molar-refractivity contribution < 1.29 is 4.79 Å². The molecule has 1 aromatic heterocycles. The number of amides is 1. The van der Waals surface area contributed by atoms with E-state index in [0.717, 1.165) is 40.7 Å². The van der Waals surface area contributed by atoms with E-state index in [4.69, 9.17) is 0 Å². The van der Waals surface area contributed by atoms with Crippen LogP contribution in [0, 0.1) is 25.7 Å². The molecular formula is C21H28N4OS. The summed E-state index contributed by atoms with van der Waals surface area (Å²) in [5.41, 5.74) is 3.07. The van der Waals surface area contributed by atoms with Crippen LogP contribution in [0.5, 0.6) is 0 Å². The van der Waals surface area contributed by atoms with Crippen molar-refractivity contribution in [2.24, 2.45) is 11.8 Å². The van der Waals surface area contributed by atoms with Crippen molar-refractivity contribution >= 4 is 29.2 Å². The van der Waals surface area contributed by atoms with Crippen molar-refractivity contribution in [3.05, 3.63) is 41.7 Å². The first-order valence-corrected chi connectivity index (χ1v) is 10.5. The van der Waals surface area contributed by atoms with Gasteiger partial charge in [-0.2, -0.15) is 0 Å². The zero-order valence-corrected chi connectivity index (χ0v) is 17.3. The quantitative estimate of drug-likeness (QED) is 0.615. The van der Waals surface area contributed by atoms with E-state index in [0.29, 0.717) is 17.6 Å². The summed E-state index contributed by atoms with van der Waals surface area (Å²) in [5.74, 6) is 2.61. The molecule has 27 heavy (non-hydrogen) atoms. The first-order valence-electron chi connectivity index (χ1n) is 9.47. The molecule has 2 heterocycles.